The van der Waals surface area contributed by atoms with Crippen molar-refractivity contribution in [3.63, 3.8) is 0 Å². The van der Waals surface area contributed by atoms with E-state index < -0.39 is 5.97 Å². The number of esters is 1. The molecule has 0 aliphatic carbocycles. The molecule has 2 heterocycles. The second kappa shape index (κ2) is 6.18. The highest BCUT2D eigenvalue weighted by Gasteiger charge is 2.13. The molecule has 0 spiro atoms. The Balaban J connectivity index is 2.39. The van der Waals surface area contributed by atoms with E-state index in [0.717, 1.165) is 10.8 Å². The number of nitrogens with zero attached hydrogens (tertiary/aromatic N) is 2. The normalized spacial score (nSPS) is 11.0. The maximum absolute atomic E-state index is 12.8. The highest BCUT2D eigenvalue weighted by Crippen LogP contribution is 2.23. The Bertz CT molecular complexity index is 946. The number of rotatable bonds is 4. The molecule has 2 aromatic heterocycles. The number of pyridine rings is 2. The Hall–Kier alpha value is -2.73. The van der Waals surface area contributed by atoms with Gasteiger partial charge in [0.2, 0.25) is 0 Å². The third-order valence-electron chi connectivity index (χ3n) is 3.82. The van der Waals surface area contributed by atoms with Gasteiger partial charge in [0.25, 0.3) is 5.56 Å². The van der Waals surface area contributed by atoms with Gasteiger partial charge < -0.3 is 14.0 Å². The van der Waals surface area contributed by atoms with Crippen LogP contribution in [-0.2, 0) is 16.0 Å². The van der Waals surface area contributed by atoms with E-state index in [2.05, 4.69) is 4.98 Å². The zero-order valence-electron chi connectivity index (χ0n) is 12.9. The van der Waals surface area contributed by atoms with Gasteiger partial charge in [0.05, 0.1) is 30.2 Å². The van der Waals surface area contributed by atoms with Crippen LogP contribution in [0.3, 0.4) is 0 Å². The van der Waals surface area contributed by atoms with Crippen LogP contribution in [0, 0.1) is 0 Å². The summed E-state index contributed by atoms with van der Waals surface area (Å²) in [4.78, 5) is 28.6. The van der Waals surface area contributed by atoms with Gasteiger partial charge in [0.1, 0.15) is 0 Å². The standard InChI is InChI=1S/C17H16N2O4/c1-22-8-7-19-15-9-11(17(21)23-2)3-4-13(15)12-5-6-18-10-14(12)16(19)20/h3-6,9-10H,7-8H2,1-2H3. The number of carbonyl (C=O) groups excluding carboxylic acids is 1. The quantitative estimate of drug-likeness (QED) is 0.544. The first kappa shape index (κ1) is 15.2. The van der Waals surface area contributed by atoms with Crippen molar-refractivity contribution in [3.05, 3.63) is 52.6 Å². The summed E-state index contributed by atoms with van der Waals surface area (Å²) in [5.41, 5.74) is 0.923. The number of ether oxygens (including phenoxy) is 2. The topological polar surface area (TPSA) is 70.4 Å². The molecule has 0 atom stereocenters. The van der Waals surface area contributed by atoms with Crippen molar-refractivity contribution in [3.8, 4) is 0 Å². The number of hydrogen-bond donors (Lipinski definition) is 0. The van der Waals surface area contributed by atoms with Crippen molar-refractivity contribution in [2.24, 2.45) is 0 Å². The van der Waals surface area contributed by atoms with Crippen LogP contribution in [0.25, 0.3) is 21.7 Å². The summed E-state index contributed by atoms with van der Waals surface area (Å²) >= 11 is 0. The summed E-state index contributed by atoms with van der Waals surface area (Å²) in [7, 11) is 2.91. The van der Waals surface area contributed by atoms with E-state index >= 15 is 0 Å². The van der Waals surface area contributed by atoms with Gasteiger partial charge in [-0.3, -0.25) is 9.78 Å². The number of benzene rings is 1. The van der Waals surface area contributed by atoms with E-state index in [-0.39, 0.29) is 5.56 Å². The smallest absolute Gasteiger partial charge is 0.337 e. The van der Waals surface area contributed by atoms with Crippen molar-refractivity contribution in [1.29, 1.82) is 0 Å². The first-order valence-electron chi connectivity index (χ1n) is 7.15. The minimum atomic E-state index is -0.438. The molecule has 0 amide bonds. The lowest BCUT2D eigenvalue weighted by Crippen LogP contribution is -2.23. The third kappa shape index (κ3) is 2.57. The maximum Gasteiger partial charge on any atom is 0.337 e. The molecule has 0 radical (unpaired) electrons. The number of fused-ring (bicyclic) bond motifs is 3. The van der Waals surface area contributed by atoms with Crippen molar-refractivity contribution < 1.29 is 14.3 Å². The minimum absolute atomic E-state index is 0.153. The fourth-order valence-electron chi connectivity index (χ4n) is 2.69. The van der Waals surface area contributed by atoms with E-state index in [4.69, 9.17) is 9.47 Å². The molecule has 0 bridgehead atoms. The van der Waals surface area contributed by atoms with Crippen LogP contribution in [0.5, 0.6) is 0 Å². The summed E-state index contributed by atoms with van der Waals surface area (Å²) < 4.78 is 11.5. The molecule has 118 valence electrons. The Morgan fingerprint density at radius 2 is 2.00 bits per heavy atom. The molecule has 3 rings (SSSR count). The van der Waals surface area contributed by atoms with Crippen molar-refractivity contribution in [2.45, 2.75) is 6.54 Å². The highest BCUT2D eigenvalue weighted by molar-refractivity contribution is 6.07. The Labute approximate surface area is 132 Å². The van der Waals surface area contributed by atoms with E-state index in [0.29, 0.717) is 29.6 Å². The van der Waals surface area contributed by atoms with Gasteiger partial charge >= 0.3 is 5.97 Å². The van der Waals surface area contributed by atoms with Crippen LogP contribution in [0.4, 0.5) is 0 Å². The molecule has 1 aromatic carbocycles. The predicted octanol–water partition coefficient (Wildman–Crippen LogP) is 1.98. The number of aromatic nitrogens is 2. The average molecular weight is 312 g/mol. The molecule has 3 aromatic rings. The van der Waals surface area contributed by atoms with Crippen molar-refractivity contribution in [2.75, 3.05) is 20.8 Å². The lowest BCUT2D eigenvalue weighted by Gasteiger charge is -2.13. The van der Waals surface area contributed by atoms with Crippen molar-refractivity contribution >= 4 is 27.6 Å². The molecule has 0 unspecified atom stereocenters. The molecule has 0 aliphatic rings. The zero-order valence-corrected chi connectivity index (χ0v) is 12.9. The molecule has 23 heavy (non-hydrogen) atoms. The SMILES string of the molecule is COCCn1c(=O)c2cnccc2c2ccc(C(=O)OC)cc21. The van der Waals surface area contributed by atoms with Gasteiger partial charge in [-0.25, -0.2) is 4.79 Å². The highest BCUT2D eigenvalue weighted by atomic mass is 16.5. The largest absolute Gasteiger partial charge is 0.465 e. The molecule has 6 heteroatoms. The molecular formula is C17H16N2O4. The monoisotopic (exact) mass is 312 g/mol. The van der Waals surface area contributed by atoms with E-state index in [9.17, 15) is 9.59 Å². The summed E-state index contributed by atoms with van der Waals surface area (Å²) in [6.07, 6.45) is 3.21. The Kier molecular flexibility index (Phi) is 4.08. The molecular weight excluding hydrogens is 296 g/mol. The second-order valence-corrected chi connectivity index (χ2v) is 5.09. The number of carbonyl (C=O) groups is 1. The van der Waals surface area contributed by atoms with Crippen molar-refractivity contribution in [1.82, 2.24) is 9.55 Å². The summed E-state index contributed by atoms with van der Waals surface area (Å²) in [5, 5.41) is 2.23. The van der Waals surface area contributed by atoms with E-state index in [1.165, 1.54) is 7.11 Å². The molecule has 0 saturated heterocycles. The lowest BCUT2D eigenvalue weighted by molar-refractivity contribution is 0.0601. The van der Waals surface area contributed by atoms with Gasteiger partial charge in [-0.05, 0) is 23.6 Å². The van der Waals surface area contributed by atoms with Gasteiger partial charge in [-0.1, -0.05) is 6.07 Å². The zero-order chi connectivity index (χ0) is 16.4. The van der Waals surface area contributed by atoms with Gasteiger partial charge in [0, 0.05) is 31.4 Å². The van der Waals surface area contributed by atoms with Gasteiger partial charge in [-0.15, -0.1) is 0 Å². The average Bonchev–Trinajstić information content (AvgIpc) is 2.60. The Morgan fingerprint density at radius 3 is 2.74 bits per heavy atom. The van der Waals surface area contributed by atoms with Crippen LogP contribution in [-0.4, -0.2) is 36.3 Å². The minimum Gasteiger partial charge on any atom is -0.465 e. The molecule has 0 aliphatic heterocycles. The van der Waals surface area contributed by atoms with Crippen LogP contribution >= 0.6 is 0 Å². The maximum atomic E-state index is 12.8. The van der Waals surface area contributed by atoms with E-state index in [1.807, 2.05) is 6.07 Å². The number of methoxy groups -OCH3 is 2. The first-order valence-corrected chi connectivity index (χ1v) is 7.15. The second-order valence-electron chi connectivity index (χ2n) is 5.09. The summed E-state index contributed by atoms with van der Waals surface area (Å²) in [6, 6.07) is 7.00. The fourth-order valence-corrected chi connectivity index (χ4v) is 2.69. The summed E-state index contributed by atoms with van der Waals surface area (Å²) in [5.74, 6) is -0.438. The van der Waals surface area contributed by atoms with Crippen LogP contribution in [0.1, 0.15) is 10.4 Å². The van der Waals surface area contributed by atoms with Crippen LogP contribution in [0.2, 0.25) is 0 Å². The molecule has 0 N–H and O–H groups in total. The summed E-state index contributed by atoms with van der Waals surface area (Å²) in [6.45, 7) is 0.782. The molecule has 0 saturated carbocycles. The van der Waals surface area contributed by atoms with E-state index in [1.54, 1.807) is 42.3 Å². The van der Waals surface area contributed by atoms with Gasteiger partial charge in [0.15, 0.2) is 0 Å². The lowest BCUT2D eigenvalue weighted by atomic mass is 10.1. The molecule has 0 fully saturated rings. The molecule has 6 nitrogen and oxygen atoms in total. The number of hydrogen-bond acceptors (Lipinski definition) is 5. The van der Waals surface area contributed by atoms with Crippen LogP contribution < -0.4 is 5.56 Å². The first-order chi connectivity index (χ1) is 11.2. The fraction of sp³-hybridized carbons (Fsp3) is 0.235. The van der Waals surface area contributed by atoms with Gasteiger partial charge in [-0.2, -0.15) is 0 Å². The predicted molar refractivity (Wildman–Crippen MR) is 86.7 cm³/mol. The Morgan fingerprint density at radius 1 is 1.17 bits per heavy atom. The van der Waals surface area contributed by atoms with Crippen LogP contribution in [0.15, 0.2) is 41.5 Å². The third-order valence-corrected chi connectivity index (χ3v) is 3.82.